The zero-order valence-electron chi connectivity index (χ0n) is 19.5. The van der Waals surface area contributed by atoms with Crippen LogP contribution >= 0.6 is 11.3 Å². The maximum Gasteiger partial charge on any atom is 0.257 e. The van der Waals surface area contributed by atoms with E-state index < -0.39 is 11.7 Å². The molecule has 0 unspecified atom stereocenters. The Morgan fingerprint density at radius 3 is 2.65 bits per heavy atom. The van der Waals surface area contributed by atoms with Gasteiger partial charge >= 0.3 is 0 Å². The number of hydrogen-bond donors (Lipinski definition) is 0. The number of halogens is 1. The van der Waals surface area contributed by atoms with Gasteiger partial charge < -0.3 is 14.5 Å². The van der Waals surface area contributed by atoms with E-state index in [1.807, 2.05) is 43.5 Å². The molecule has 0 saturated carbocycles. The average Bonchev–Trinajstić information content (AvgIpc) is 3.32. The molecule has 1 aliphatic heterocycles. The first kappa shape index (κ1) is 24.0. The lowest BCUT2D eigenvalue weighted by Crippen LogP contribution is -2.48. The molecule has 0 fully saturated rings. The summed E-state index contributed by atoms with van der Waals surface area (Å²) in [6.07, 6.45) is 1.44. The van der Waals surface area contributed by atoms with Crippen LogP contribution in [0.2, 0.25) is 0 Å². The Balaban J connectivity index is 1.52. The largest absolute Gasteiger partial charge is 0.491 e. The number of carbonyl (C=O) groups is 2. The number of nitrogens with zero attached hydrogens (tertiary/aromatic N) is 2. The molecule has 178 valence electrons. The van der Waals surface area contributed by atoms with E-state index in [0.717, 1.165) is 23.3 Å². The van der Waals surface area contributed by atoms with Crippen molar-refractivity contribution >= 4 is 23.2 Å². The first-order chi connectivity index (χ1) is 16.5. The summed E-state index contributed by atoms with van der Waals surface area (Å²) in [5, 5.41) is 2.04. The molecule has 1 atom stereocenters. The van der Waals surface area contributed by atoms with Crippen molar-refractivity contribution < 1.29 is 18.7 Å². The summed E-state index contributed by atoms with van der Waals surface area (Å²) < 4.78 is 20.3. The summed E-state index contributed by atoms with van der Waals surface area (Å²) in [7, 11) is 0. The highest BCUT2D eigenvalue weighted by Gasteiger charge is 2.33. The molecular weight excluding hydrogens is 451 g/mol. The average molecular weight is 481 g/mol. The predicted molar refractivity (Wildman–Crippen MR) is 132 cm³/mol. The molecule has 0 bridgehead atoms. The van der Waals surface area contributed by atoms with Gasteiger partial charge in [0.1, 0.15) is 24.7 Å². The maximum atomic E-state index is 14.3. The van der Waals surface area contributed by atoms with Crippen LogP contribution in [0, 0.1) is 12.7 Å². The van der Waals surface area contributed by atoms with Crippen molar-refractivity contribution in [2.24, 2.45) is 0 Å². The van der Waals surface area contributed by atoms with E-state index in [1.54, 1.807) is 28.4 Å². The van der Waals surface area contributed by atoms with Crippen LogP contribution in [0.15, 0.2) is 60.0 Å². The van der Waals surface area contributed by atoms with E-state index in [1.165, 1.54) is 21.9 Å². The minimum Gasteiger partial charge on any atom is -0.491 e. The van der Waals surface area contributed by atoms with Gasteiger partial charge in [0.15, 0.2) is 0 Å². The molecule has 1 aromatic heterocycles. The number of fused-ring (bicyclic) bond motifs is 1. The Labute approximate surface area is 203 Å². The zero-order chi connectivity index (χ0) is 24.1. The van der Waals surface area contributed by atoms with Crippen molar-refractivity contribution in [2.45, 2.75) is 32.7 Å². The lowest BCUT2D eigenvalue weighted by molar-refractivity contribution is -0.135. The smallest absolute Gasteiger partial charge is 0.257 e. The quantitative estimate of drug-likeness (QED) is 0.442. The molecule has 0 saturated heterocycles. The third kappa shape index (κ3) is 5.30. The molecule has 2 aromatic carbocycles. The topological polar surface area (TPSA) is 49.9 Å². The highest BCUT2D eigenvalue weighted by Crippen LogP contribution is 2.34. The van der Waals surface area contributed by atoms with Gasteiger partial charge in [-0.05, 0) is 61.0 Å². The van der Waals surface area contributed by atoms with E-state index in [-0.39, 0.29) is 24.1 Å². The fraction of sp³-hybridized carbons (Fsp3) is 0.333. The van der Waals surface area contributed by atoms with Crippen LogP contribution in [0.4, 0.5) is 4.39 Å². The van der Waals surface area contributed by atoms with Gasteiger partial charge in [0, 0.05) is 18.0 Å². The second-order valence-electron chi connectivity index (χ2n) is 8.48. The molecular formula is C27H29FN2O3S. The van der Waals surface area contributed by atoms with Crippen LogP contribution in [0.1, 0.15) is 45.7 Å². The molecule has 3 aromatic rings. The highest BCUT2D eigenvalue weighted by atomic mass is 32.1. The summed E-state index contributed by atoms with van der Waals surface area (Å²) in [5.41, 5.74) is 2.23. The fourth-order valence-corrected chi connectivity index (χ4v) is 5.19. The van der Waals surface area contributed by atoms with Crippen molar-refractivity contribution in [3.63, 3.8) is 0 Å². The van der Waals surface area contributed by atoms with Gasteiger partial charge in [0.2, 0.25) is 5.91 Å². The van der Waals surface area contributed by atoms with Gasteiger partial charge in [-0.15, -0.1) is 11.3 Å². The SMILES string of the molecule is CCCN(CC(=O)N1CCc2sccc2[C@H]1COc1ccc(C)cc1)C(=O)c1ccccc1F. The minimum absolute atomic E-state index is 0.0123. The number of rotatable bonds is 8. The van der Waals surface area contributed by atoms with Crippen LogP contribution in [-0.2, 0) is 11.2 Å². The minimum atomic E-state index is -0.577. The summed E-state index contributed by atoms with van der Waals surface area (Å²) in [6.45, 7) is 5.12. The lowest BCUT2D eigenvalue weighted by atomic mass is 10.00. The summed E-state index contributed by atoms with van der Waals surface area (Å²) in [5.74, 6) is -0.449. The number of carbonyl (C=O) groups excluding carboxylic acids is 2. The van der Waals surface area contributed by atoms with Crippen LogP contribution < -0.4 is 4.74 Å². The molecule has 5 nitrogen and oxygen atoms in total. The Bertz CT molecular complexity index is 1140. The Morgan fingerprint density at radius 1 is 1.15 bits per heavy atom. The molecule has 4 rings (SSSR count). The monoisotopic (exact) mass is 480 g/mol. The standard InChI is InChI=1S/C27H29FN2O3S/c1-3-14-29(27(32)21-6-4-5-7-23(21)28)17-26(31)30-15-12-25-22(13-16-34-25)24(30)18-33-20-10-8-19(2)9-11-20/h4-11,13,16,24H,3,12,14-15,17-18H2,1-2H3/t24-/m1/s1. The van der Waals surface area contributed by atoms with Crippen molar-refractivity contribution in [2.75, 3.05) is 26.2 Å². The second-order valence-corrected chi connectivity index (χ2v) is 9.48. The maximum absolute atomic E-state index is 14.3. The number of benzene rings is 2. The van der Waals surface area contributed by atoms with Crippen molar-refractivity contribution in [1.29, 1.82) is 0 Å². The summed E-state index contributed by atoms with van der Waals surface area (Å²) in [6, 6.07) is 15.5. The molecule has 7 heteroatoms. The van der Waals surface area contributed by atoms with Gasteiger partial charge in [-0.1, -0.05) is 36.8 Å². The van der Waals surface area contributed by atoms with Gasteiger partial charge in [0.25, 0.3) is 5.91 Å². The van der Waals surface area contributed by atoms with E-state index in [0.29, 0.717) is 26.1 Å². The summed E-state index contributed by atoms with van der Waals surface area (Å²) >= 11 is 1.69. The number of thiophene rings is 1. The number of amides is 2. The molecule has 0 aliphatic carbocycles. The van der Waals surface area contributed by atoms with Gasteiger partial charge in [-0.3, -0.25) is 9.59 Å². The molecule has 2 amide bonds. The lowest BCUT2D eigenvalue weighted by Gasteiger charge is -2.37. The first-order valence-corrected chi connectivity index (χ1v) is 12.4. The highest BCUT2D eigenvalue weighted by molar-refractivity contribution is 7.10. The molecule has 0 spiro atoms. The predicted octanol–water partition coefficient (Wildman–Crippen LogP) is 5.25. The zero-order valence-corrected chi connectivity index (χ0v) is 20.3. The van der Waals surface area contributed by atoms with Gasteiger partial charge in [-0.25, -0.2) is 4.39 Å². The Kier molecular flexibility index (Phi) is 7.63. The van der Waals surface area contributed by atoms with Crippen LogP contribution in [-0.4, -0.2) is 47.9 Å². The summed E-state index contributed by atoms with van der Waals surface area (Å²) in [4.78, 5) is 31.0. The van der Waals surface area contributed by atoms with Crippen LogP contribution in [0.3, 0.4) is 0 Å². The molecule has 34 heavy (non-hydrogen) atoms. The van der Waals surface area contributed by atoms with Crippen LogP contribution in [0.25, 0.3) is 0 Å². The van der Waals surface area contributed by atoms with E-state index >= 15 is 0 Å². The second kappa shape index (κ2) is 10.8. The molecule has 1 aliphatic rings. The number of aryl methyl sites for hydroxylation is 1. The van der Waals surface area contributed by atoms with Crippen molar-refractivity contribution in [1.82, 2.24) is 9.80 Å². The molecule has 0 radical (unpaired) electrons. The molecule has 0 N–H and O–H groups in total. The van der Waals surface area contributed by atoms with Crippen molar-refractivity contribution in [3.8, 4) is 5.75 Å². The van der Waals surface area contributed by atoms with Gasteiger partial charge in [0.05, 0.1) is 11.6 Å². The third-order valence-corrected chi connectivity index (χ3v) is 7.05. The molecule has 2 heterocycles. The van der Waals surface area contributed by atoms with E-state index in [9.17, 15) is 14.0 Å². The van der Waals surface area contributed by atoms with Crippen molar-refractivity contribution in [3.05, 3.63) is 87.4 Å². The Morgan fingerprint density at radius 2 is 1.91 bits per heavy atom. The fourth-order valence-electron chi connectivity index (χ4n) is 4.27. The first-order valence-electron chi connectivity index (χ1n) is 11.6. The van der Waals surface area contributed by atoms with Crippen LogP contribution in [0.5, 0.6) is 5.75 Å². The number of hydrogen-bond acceptors (Lipinski definition) is 4. The van der Waals surface area contributed by atoms with E-state index in [4.69, 9.17) is 4.74 Å². The number of ether oxygens (including phenoxy) is 1. The van der Waals surface area contributed by atoms with E-state index in [2.05, 4.69) is 6.07 Å². The Hall–Kier alpha value is -3.19. The normalized spacial score (nSPS) is 15.0. The third-order valence-electron chi connectivity index (χ3n) is 6.06. The van der Waals surface area contributed by atoms with Gasteiger partial charge in [-0.2, -0.15) is 0 Å².